The lowest BCUT2D eigenvalue weighted by Crippen LogP contribution is -2.09. The maximum atomic E-state index is 2.51. The second-order valence-corrected chi connectivity index (χ2v) is 16.4. The number of benzene rings is 11. The van der Waals surface area contributed by atoms with Crippen molar-refractivity contribution in [3.8, 4) is 22.5 Å². The van der Waals surface area contributed by atoms with E-state index in [4.69, 9.17) is 0 Å². The number of para-hydroxylation sites is 5. The molecule has 3 heteroatoms. The summed E-state index contributed by atoms with van der Waals surface area (Å²) in [7, 11) is 0. The third-order valence-electron chi connectivity index (χ3n) is 13.0. The third-order valence-corrected chi connectivity index (χ3v) is 13.0. The van der Waals surface area contributed by atoms with E-state index in [0.717, 1.165) is 28.4 Å². The molecule has 63 heavy (non-hydrogen) atoms. The van der Waals surface area contributed by atoms with E-state index in [1.807, 2.05) is 0 Å². The van der Waals surface area contributed by atoms with Crippen molar-refractivity contribution in [3.05, 3.63) is 237 Å². The van der Waals surface area contributed by atoms with Gasteiger partial charge in [-0.2, -0.15) is 0 Å². The zero-order chi connectivity index (χ0) is 41.4. The molecule has 0 bridgehead atoms. The number of aromatic nitrogens is 2. The van der Waals surface area contributed by atoms with Crippen LogP contribution in [0.4, 0.5) is 17.1 Å². The monoisotopic (exact) mass is 801 g/mol. The number of hydrogen-bond acceptors (Lipinski definition) is 1. The highest BCUT2D eigenvalue weighted by Crippen LogP contribution is 2.50. The summed E-state index contributed by atoms with van der Waals surface area (Å²) < 4.78 is 4.99. The van der Waals surface area contributed by atoms with Crippen molar-refractivity contribution in [2.45, 2.75) is 0 Å². The molecule has 3 nitrogen and oxygen atoms in total. The summed E-state index contributed by atoms with van der Waals surface area (Å²) in [6.45, 7) is 0. The highest BCUT2D eigenvalue weighted by molar-refractivity contribution is 6.45. The number of anilines is 3. The topological polar surface area (TPSA) is 13.1 Å². The van der Waals surface area contributed by atoms with Crippen LogP contribution in [0.1, 0.15) is 0 Å². The number of hydrogen-bond donors (Lipinski definition) is 0. The Hall–Kier alpha value is -8.40. The maximum absolute atomic E-state index is 2.51. The second kappa shape index (κ2) is 14.1. The Bertz CT molecular complexity index is 3830. The van der Waals surface area contributed by atoms with Crippen LogP contribution in [0.15, 0.2) is 237 Å². The molecule has 0 aliphatic carbocycles. The van der Waals surface area contributed by atoms with Crippen molar-refractivity contribution >= 4 is 93.0 Å². The van der Waals surface area contributed by atoms with Crippen LogP contribution in [0, 0.1) is 0 Å². The van der Waals surface area contributed by atoms with Crippen LogP contribution in [-0.4, -0.2) is 9.13 Å². The van der Waals surface area contributed by atoms with E-state index in [1.165, 1.54) is 87.1 Å². The van der Waals surface area contributed by atoms with E-state index < -0.39 is 0 Å². The molecule has 11 aromatic carbocycles. The number of rotatable bonds is 6. The highest BCUT2D eigenvalue weighted by Gasteiger charge is 2.26. The zero-order valence-corrected chi connectivity index (χ0v) is 34.4. The molecule has 0 aliphatic heterocycles. The van der Waals surface area contributed by atoms with Crippen LogP contribution in [0.2, 0.25) is 0 Å². The fraction of sp³-hybridized carbons (Fsp3) is 0. The van der Waals surface area contributed by atoms with Gasteiger partial charge in [0.15, 0.2) is 0 Å². The van der Waals surface area contributed by atoms with E-state index in [0.29, 0.717) is 0 Å². The zero-order valence-electron chi connectivity index (χ0n) is 34.4. The van der Waals surface area contributed by atoms with Crippen LogP contribution in [0.5, 0.6) is 0 Å². The molecule has 0 atom stereocenters. The first-order valence-electron chi connectivity index (χ1n) is 21.7. The SMILES string of the molecule is c1ccc(N(c2ccccc2)c2ccc(-c3ccc(-n4c5ccccc5c5c6c(c7ccccc7c7c6c6ccccc6n7-c6ccccc6)c6ccccc6c54)cc3)cc2)cc1. The lowest BCUT2D eigenvalue weighted by molar-refractivity contribution is 1.19. The van der Waals surface area contributed by atoms with Crippen LogP contribution in [-0.2, 0) is 0 Å². The van der Waals surface area contributed by atoms with Gasteiger partial charge in [-0.15, -0.1) is 0 Å². The molecule has 0 N–H and O–H groups in total. The lowest BCUT2D eigenvalue weighted by atomic mass is 9.89. The van der Waals surface area contributed by atoms with E-state index in [1.54, 1.807) is 0 Å². The van der Waals surface area contributed by atoms with Gasteiger partial charge in [-0.05, 0) is 100 Å². The highest BCUT2D eigenvalue weighted by atomic mass is 15.1. The largest absolute Gasteiger partial charge is 0.311 e. The number of nitrogens with zero attached hydrogens (tertiary/aromatic N) is 3. The smallest absolute Gasteiger partial charge is 0.0626 e. The van der Waals surface area contributed by atoms with Crippen LogP contribution in [0.25, 0.3) is 98.4 Å². The molecule has 0 fully saturated rings. The van der Waals surface area contributed by atoms with Gasteiger partial charge in [-0.25, -0.2) is 0 Å². The average Bonchev–Trinajstić information content (AvgIpc) is 3.90. The fourth-order valence-electron chi connectivity index (χ4n) is 10.4. The Morgan fingerprint density at radius 2 is 0.587 bits per heavy atom. The standard InChI is InChI=1S/C60H39N3/c1-4-18-42(19-5-1)61(43-20-6-2-7-21-43)45-36-32-40(33-37-45)41-34-38-46(39-35-41)63-54-31-17-15-29-52(54)57-58-55(48-25-11-13-27-50(48)60(57)63)47-24-10-12-26-49(47)59-56(58)51-28-14-16-30-53(51)62(59)44-22-8-3-9-23-44/h1-39H. The minimum absolute atomic E-state index is 1.12. The minimum atomic E-state index is 1.12. The first-order valence-corrected chi connectivity index (χ1v) is 21.7. The van der Waals surface area contributed by atoms with Crippen LogP contribution >= 0.6 is 0 Å². The third kappa shape index (κ3) is 5.33. The van der Waals surface area contributed by atoms with Gasteiger partial charge in [0.2, 0.25) is 0 Å². The summed E-state index contributed by atoms with van der Waals surface area (Å²) in [6, 6.07) is 86.1. The van der Waals surface area contributed by atoms with E-state index in [2.05, 4.69) is 251 Å². The molecule has 2 heterocycles. The molecule has 0 radical (unpaired) electrons. The molecule has 0 aliphatic rings. The van der Waals surface area contributed by atoms with Gasteiger partial charge in [0.25, 0.3) is 0 Å². The minimum Gasteiger partial charge on any atom is -0.311 e. The van der Waals surface area contributed by atoms with Gasteiger partial charge < -0.3 is 14.0 Å². The predicted molar refractivity (Wildman–Crippen MR) is 268 cm³/mol. The first kappa shape index (κ1) is 35.4. The van der Waals surface area contributed by atoms with Crippen molar-refractivity contribution in [1.82, 2.24) is 9.13 Å². The predicted octanol–water partition coefficient (Wildman–Crippen LogP) is 16.5. The quantitative estimate of drug-likeness (QED) is 0.153. The Morgan fingerprint density at radius 3 is 1.06 bits per heavy atom. The van der Waals surface area contributed by atoms with Crippen molar-refractivity contribution < 1.29 is 0 Å². The molecule has 13 aromatic rings. The average molecular weight is 802 g/mol. The van der Waals surface area contributed by atoms with Crippen molar-refractivity contribution in [3.63, 3.8) is 0 Å². The summed E-state index contributed by atoms with van der Waals surface area (Å²) >= 11 is 0. The fourth-order valence-corrected chi connectivity index (χ4v) is 10.4. The summed E-state index contributed by atoms with van der Waals surface area (Å²) in [5, 5.41) is 12.7. The molecule has 13 rings (SSSR count). The molecular formula is C60H39N3. The van der Waals surface area contributed by atoms with Gasteiger partial charge in [0.05, 0.1) is 22.1 Å². The molecule has 2 aromatic heterocycles. The summed E-state index contributed by atoms with van der Waals surface area (Å²) in [5.74, 6) is 0. The maximum Gasteiger partial charge on any atom is 0.0626 e. The second-order valence-electron chi connectivity index (χ2n) is 16.4. The molecule has 0 amide bonds. The van der Waals surface area contributed by atoms with Gasteiger partial charge in [0, 0.05) is 66.1 Å². The van der Waals surface area contributed by atoms with Gasteiger partial charge in [0.1, 0.15) is 0 Å². The Morgan fingerprint density at radius 1 is 0.238 bits per heavy atom. The van der Waals surface area contributed by atoms with Gasteiger partial charge in [-0.1, -0.05) is 164 Å². The van der Waals surface area contributed by atoms with Crippen LogP contribution in [0.3, 0.4) is 0 Å². The molecule has 0 spiro atoms. The Balaban J connectivity index is 1.06. The van der Waals surface area contributed by atoms with Gasteiger partial charge in [-0.3, -0.25) is 0 Å². The molecular weight excluding hydrogens is 763 g/mol. The van der Waals surface area contributed by atoms with E-state index in [-0.39, 0.29) is 0 Å². The van der Waals surface area contributed by atoms with Gasteiger partial charge >= 0.3 is 0 Å². The summed E-state index contributed by atoms with van der Waals surface area (Å²) in [6.07, 6.45) is 0. The number of fused-ring (bicyclic) bond motifs is 15. The molecule has 294 valence electrons. The van der Waals surface area contributed by atoms with E-state index >= 15 is 0 Å². The molecule has 0 saturated heterocycles. The lowest BCUT2D eigenvalue weighted by Gasteiger charge is -2.25. The van der Waals surface area contributed by atoms with Crippen molar-refractivity contribution in [2.75, 3.05) is 4.90 Å². The molecule has 0 saturated carbocycles. The summed E-state index contributed by atoms with van der Waals surface area (Å²) in [5.41, 5.74) is 12.9. The van der Waals surface area contributed by atoms with E-state index in [9.17, 15) is 0 Å². The van der Waals surface area contributed by atoms with Crippen LogP contribution < -0.4 is 4.90 Å². The molecule has 0 unspecified atom stereocenters. The van der Waals surface area contributed by atoms with Crippen molar-refractivity contribution in [2.24, 2.45) is 0 Å². The summed E-state index contributed by atoms with van der Waals surface area (Å²) in [4.78, 5) is 2.30. The first-order chi connectivity index (χ1) is 31.3. The Labute approximate surface area is 364 Å². The normalized spacial score (nSPS) is 11.8. The Kier molecular flexibility index (Phi) is 7.91. The van der Waals surface area contributed by atoms with Crippen molar-refractivity contribution in [1.29, 1.82) is 0 Å².